The fourth-order valence-corrected chi connectivity index (χ4v) is 2.28. The Bertz CT molecular complexity index is 667. The number of rotatable bonds is 5. The predicted molar refractivity (Wildman–Crippen MR) is 103 cm³/mol. The second-order valence-corrected chi connectivity index (χ2v) is 7.35. The molecule has 27 heavy (non-hydrogen) atoms. The number of nitrogens with zero attached hydrogens (tertiary/aromatic N) is 1. The fraction of sp³-hybridized carbons (Fsp3) is 0.524. The van der Waals surface area contributed by atoms with E-state index in [4.69, 9.17) is 9.47 Å². The zero-order valence-corrected chi connectivity index (χ0v) is 16.9. The van der Waals surface area contributed by atoms with Crippen LogP contribution in [0.2, 0.25) is 0 Å². The molecular weight excluding hydrogens is 346 g/mol. The van der Waals surface area contributed by atoms with E-state index in [2.05, 4.69) is 16.6 Å². The summed E-state index contributed by atoms with van der Waals surface area (Å²) < 4.78 is 14.8. The summed E-state index contributed by atoms with van der Waals surface area (Å²) in [5, 5.41) is 0. The van der Waals surface area contributed by atoms with Crippen LogP contribution in [0.25, 0.3) is 0 Å². The molecular formula is C21H29NO5. The van der Waals surface area contributed by atoms with Gasteiger partial charge in [-0.05, 0) is 32.3 Å². The van der Waals surface area contributed by atoms with E-state index in [1.165, 1.54) is 7.11 Å². The van der Waals surface area contributed by atoms with Crippen molar-refractivity contribution in [1.29, 1.82) is 0 Å². The van der Waals surface area contributed by atoms with Crippen molar-refractivity contribution in [3.8, 4) is 11.8 Å². The second-order valence-electron chi connectivity index (χ2n) is 7.35. The molecule has 0 aliphatic heterocycles. The van der Waals surface area contributed by atoms with Gasteiger partial charge in [-0.25, -0.2) is 9.59 Å². The van der Waals surface area contributed by atoms with E-state index < -0.39 is 23.9 Å². The van der Waals surface area contributed by atoms with Crippen LogP contribution in [0, 0.1) is 17.8 Å². The summed E-state index contributed by atoms with van der Waals surface area (Å²) in [5.41, 5.74) is 0.358. The van der Waals surface area contributed by atoms with Gasteiger partial charge in [0.2, 0.25) is 0 Å². The molecule has 0 aliphatic rings. The first-order valence-corrected chi connectivity index (χ1v) is 8.86. The maximum absolute atomic E-state index is 12.8. The average molecular weight is 375 g/mol. The third-order valence-corrected chi connectivity index (χ3v) is 3.47. The Labute approximate surface area is 161 Å². The number of hydrogen-bond acceptors (Lipinski definition) is 5. The average Bonchev–Trinajstić information content (AvgIpc) is 2.59. The highest BCUT2D eigenvalue weighted by molar-refractivity contribution is 5.69. The van der Waals surface area contributed by atoms with Crippen molar-refractivity contribution in [3.63, 3.8) is 0 Å². The third-order valence-electron chi connectivity index (χ3n) is 3.47. The topological polar surface area (TPSA) is 65.1 Å². The molecule has 1 amide bonds. The van der Waals surface area contributed by atoms with Gasteiger partial charge in [-0.15, -0.1) is 0 Å². The van der Waals surface area contributed by atoms with Gasteiger partial charge in [0.05, 0.1) is 19.7 Å². The second kappa shape index (κ2) is 10.5. The number of ether oxygens (including phenoxy) is 3. The Morgan fingerprint density at radius 2 is 1.78 bits per heavy atom. The SMILES string of the molecule is COC(=O)OCC#CC(C(C)C)N(Cc1ccccc1)C(=O)OC(C)(C)C. The minimum absolute atomic E-state index is 0.0480. The molecule has 1 aromatic carbocycles. The first-order chi connectivity index (χ1) is 12.6. The van der Waals surface area contributed by atoms with E-state index in [1.807, 2.05) is 65.0 Å². The molecule has 148 valence electrons. The molecule has 0 bridgehead atoms. The molecule has 0 radical (unpaired) electrons. The van der Waals surface area contributed by atoms with Crippen LogP contribution >= 0.6 is 0 Å². The van der Waals surface area contributed by atoms with Crippen molar-refractivity contribution < 1.29 is 23.8 Å². The van der Waals surface area contributed by atoms with Gasteiger partial charge < -0.3 is 14.2 Å². The van der Waals surface area contributed by atoms with E-state index in [0.717, 1.165) is 5.56 Å². The van der Waals surface area contributed by atoms with Gasteiger partial charge in [-0.3, -0.25) is 4.90 Å². The zero-order valence-electron chi connectivity index (χ0n) is 16.9. The van der Waals surface area contributed by atoms with Crippen LogP contribution in [0.4, 0.5) is 9.59 Å². The summed E-state index contributed by atoms with van der Waals surface area (Å²) in [5.74, 6) is 5.87. The van der Waals surface area contributed by atoms with Crippen LogP contribution in [0.15, 0.2) is 30.3 Å². The van der Waals surface area contributed by atoms with Crippen molar-refractivity contribution >= 4 is 12.2 Å². The van der Waals surface area contributed by atoms with Crippen LogP contribution in [0.5, 0.6) is 0 Å². The summed E-state index contributed by atoms with van der Waals surface area (Å²) in [6.45, 7) is 9.68. The normalized spacial score (nSPS) is 11.8. The van der Waals surface area contributed by atoms with Gasteiger partial charge in [0, 0.05) is 0 Å². The molecule has 0 aromatic heterocycles. The maximum atomic E-state index is 12.8. The lowest BCUT2D eigenvalue weighted by atomic mass is 10.0. The maximum Gasteiger partial charge on any atom is 0.508 e. The minimum atomic E-state index is -0.793. The van der Waals surface area contributed by atoms with E-state index in [-0.39, 0.29) is 12.5 Å². The smallest absolute Gasteiger partial charge is 0.444 e. The summed E-state index contributed by atoms with van der Waals surface area (Å²) in [6.07, 6.45) is -1.23. The summed E-state index contributed by atoms with van der Waals surface area (Å²) in [6, 6.07) is 9.25. The quantitative estimate of drug-likeness (QED) is 0.569. The van der Waals surface area contributed by atoms with E-state index in [0.29, 0.717) is 6.54 Å². The van der Waals surface area contributed by atoms with Crippen LogP contribution in [-0.2, 0) is 20.8 Å². The van der Waals surface area contributed by atoms with Crippen LogP contribution in [-0.4, -0.2) is 42.5 Å². The predicted octanol–water partition coefficient (Wildman–Crippen LogP) is 4.23. The minimum Gasteiger partial charge on any atom is -0.444 e. The summed E-state index contributed by atoms with van der Waals surface area (Å²) >= 11 is 0. The summed E-state index contributed by atoms with van der Waals surface area (Å²) in [7, 11) is 1.23. The molecule has 1 unspecified atom stereocenters. The molecule has 0 spiro atoms. The van der Waals surface area contributed by atoms with Crippen LogP contribution in [0.1, 0.15) is 40.2 Å². The van der Waals surface area contributed by atoms with Gasteiger partial charge in [0.15, 0.2) is 6.61 Å². The third kappa shape index (κ3) is 8.50. The molecule has 0 saturated carbocycles. The van der Waals surface area contributed by atoms with E-state index in [1.54, 1.807) is 4.90 Å². The number of hydrogen-bond donors (Lipinski definition) is 0. The van der Waals surface area contributed by atoms with Gasteiger partial charge in [0.25, 0.3) is 0 Å². The lowest BCUT2D eigenvalue weighted by Crippen LogP contribution is -2.44. The Balaban J connectivity index is 3.05. The molecule has 1 aromatic rings. The molecule has 0 saturated heterocycles. The van der Waals surface area contributed by atoms with Crippen molar-refractivity contribution in [2.75, 3.05) is 13.7 Å². The number of carbonyl (C=O) groups is 2. The van der Waals surface area contributed by atoms with E-state index in [9.17, 15) is 9.59 Å². The van der Waals surface area contributed by atoms with Crippen molar-refractivity contribution in [2.45, 2.75) is 52.8 Å². The number of amides is 1. The molecule has 1 rings (SSSR count). The molecule has 6 nitrogen and oxygen atoms in total. The Kier molecular flexibility index (Phi) is 8.67. The van der Waals surface area contributed by atoms with Crippen LogP contribution in [0.3, 0.4) is 0 Å². The number of benzene rings is 1. The monoisotopic (exact) mass is 375 g/mol. The molecule has 6 heteroatoms. The first-order valence-electron chi connectivity index (χ1n) is 8.86. The van der Waals surface area contributed by atoms with Crippen molar-refractivity contribution in [1.82, 2.24) is 4.90 Å². The standard InChI is InChI=1S/C21H29NO5/c1-16(2)18(13-10-14-26-20(24)25-6)22(19(23)27-21(3,4)5)15-17-11-8-7-9-12-17/h7-9,11-12,16,18H,14-15H2,1-6H3. The van der Waals surface area contributed by atoms with Gasteiger partial charge in [-0.1, -0.05) is 56.0 Å². The van der Waals surface area contributed by atoms with Crippen molar-refractivity contribution in [2.24, 2.45) is 5.92 Å². The number of carbonyl (C=O) groups excluding carboxylic acids is 2. The van der Waals surface area contributed by atoms with Crippen molar-refractivity contribution in [3.05, 3.63) is 35.9 Å². The molecule has 1 atom stereocenters. The lowest BCUT2D eigenvalue weighted by Gasteiger charge is -2.33. The lowest BCUT2D eigenvalue weighted by molar-refractivity contribution is 0.0150. The van der Waals surface area contributed by atoms with Gasteiger partial charge in [-0.2, -0.15) is 0 Å². The Morgan fingerprint density at radius 1 is 1.15 bits per heavy atom. The first kappa shape index (κ1) is 22.4. The zero-order chi connectivity index (χ0) is 20.4. The van der Waals surface area contributed by atoms with E-state index >= 15 is 0 Å². The van der Waals surface area contributed by atoms with Gasteiger partial charge in [0.1, 0.15) is 5.60 Å². The Hall–Kier alpha value is -2.68. The largest absolute Gasteiger partial charge is 0.508 e. The fourth-order valence-electron chi connectivity index (χ4n) is 2.28. The highest BCUT2D eigenvalue weighted by Gasteiger charge is 2.29. The molecule has 0 N–H and O–H groups in total. The van der Waals surface area contributed by atoms with Crippen LogP contribution < -0.4 is 0 Å². The molecule has 0 heterocycles. The molecule has 0 aliphatic carbocycles. The Morgan fingerprint density at radius 3 is 2.30 bits per heavy atom. The summed E-state index contributed by atoms with van der Waals surface area (Å²) in [4.78, 5) is 25.5. The highest BCUT2D eigenvalue weighted by Crippen LogP contribution is 2.19. The number of methoxy groups -OCH3 is 1. The highest BCUT2D eigenvalue weighted by atomic mass is 16.7. The van der Waals surface area contributed by atoms with Gasteiger partial charge >= 0.3 is 12.2 Å². The molecule has 0 fully saturated rings.